The van der Waals surface area contributed by atoms with Crippen molar-refractivity contribution in [1.29, 1.82) is 0 Å². The van der Waals surface area contributed by atoms with E-state index in [4.69, 9.17) is 4.74 Å². The van der Waals surface area contributed by atoms with Crippen LogP contribution >= 0.6 is 15.9 Å². The molecule has 0 unspecified atom stereocenters. The maximum atomic E-state index is 13.5. The highest BCUT2D eigenvalue weighted by Crippen LogP contribution is 2.48. The number of ether oxygens (including phenoxy) is 1. The van der Waals surface area contributed by atoms with Gasteiger partial charge >= 0.3 is 0 Å². The highest BCUT2D eigenvalue weighted by Gasteiger charge is 2.55. The molecule has 1 spiro atoms. The van der Waals surface area contributed by atoms with E-state index < -0.39 is 5.60 Å². The van der Waals surface area contributed by atoms with Crippen molar-refractivity contribution in [2.24, 2.45) is 5.92 Å². The van der Waals surface area contributed by atoms with Crippen LogP contribution in [0.25, 0.3) is 0 Å². The molecule has 1 amide bonds. The molecule has 0 aliphatic carbocycles. The van der Waals surface area contributed by atoms with Crippen LogP contribution in [0, 0.1) is 5.92 Å². The second-order valence-electron chi connectivity index (χ2n) is 6.62. The van der Waals surface area contributed by atoms with Gasteiger partial charge in [-0.25, -0.2) is 0 Å². The van der Waals surface area contributed by atoms with E-state index in [1.54, 1.807) is 0 Å². The number of nitrogens with zero attached hydrogens (tertiary/aromatic N) is 1. The molecule has 0 fully saturated rings. The normalized spacial score (nSPS) is 25.3. The Morgan fingerprint density at radius 2 is 1.96 bits per heavy atom. The lowest BCUT2D eigenvalue weighted by Crippen LogP contribution is -2.46. The molecule has 2 atom stereocenters. The minimum absolute atomic E-state index is 0.00133. The number of carbonyl (C=O) groups excluding carboxylic acids is 1. The van der Waals surface area contributed by atoms with Crippen molar-refractivity contribution < 1.29 is 9.53 Å². The molecular weight excluding hydrogens is 378 g/mol. The van der Waals surface area contributed by atoms with Crippen LogP contribution in [0.5, 0.6) is 0 Å². The van der Waals surface area contributed by atoms with Gasteiger partial charge in [0.2, 0.25) is 0 Å². The third-order valence-electron chi connectivity index (χ3n) is 5.09. The zero-order chi connectivity index (χ0) is 17.4. The summed E-state index contributed by atoms with van der Waals surface area (Å²) in [7, 11) is 0. The van der Waals surface area contributed by atoms with Gasteiger partial charge in [0.05, 0.1) is 18.8 Å². The number of amides is 1. The Balaban J connectivity index is 1.78. The molecule has 2 aliphatic rings. The molecular formula is C21H20BrNO2. The molecule has 4 rings (SSSR count). The van der Waals surface area contributed by atoms with Crippen molar-refractivity contribution in [3.05, 3.63) is 76.3 Å². The summed E-state index contributed by atoms with van der Waals surface area (Å²) in [6.45, 7) is 3.18. The predicted molar refractivity (Wildman–Crippen MR) is 102 cm³/mol. The van der Waals surface area contributed by atoms with Crippen LogP contribution in [0.1, 0.15) is 24.5 Å². The number of halogens is 1. The van der Waals surface area contributed by atoms with E-state index in [0.29, 0.717) is 13.2 Å². The van der Waals surface area contributed by atoms with Gasteiger partial charge in [0.15, 0.2) is 5.60 Å². The first-order valence-corrected chi connectivity index (χ1v) is 9.39. The Bertz CT molecular complexity index is 830. The molecule has 128 valence electrons. The smallest absolute Gasteiger partial charge is 0.264 e. The first-order chi connectivity index (χ1) is 12.1. The van der Waals surface area contributed by atoms with Crippen LogP contribution < -0.4 is 4.90 Å². The Kier molecular flexibility index (Phi) is 4.26. The summed E-state index contributed by atoms with van der Waals surface area (Å²) in [5, 5.41) is 0. The maximum Gasteiger partial charge on any atom is 0.264 e. The Morgan fingerprint density at radius 1 is 1.20 bits per heavy atom. The summed E-state index contributed by atoms with van der Waals surface area (Å²) in [4.78, 5) is 15.4. The maximum absolute atomic E-state index is 13.5. The van der Waals surface area contributed by atoms with Crippen molar-refractivity contribution in [3.8, 4) is 0 Å². The number of benzene rings is 2. The SMILES string of the molecule is C[C@@H]1C=CCCO[C@]12C(=O)N(Cc1ccc(Br)cc1)c1ccccc12. The third-order valence-corrected chi connectivity index (χ3v) is 5.62. The molecule has 2 aliphatic heterocycles. The zero-order valence-corrected chi connectivity index (χ0v) is 15.7. The van der Waals surface area contributed by atoms with E-state index >= 15 is 0 Å². The van der Waals surface area contributed by atoms with Gasteiger partial charge in [0, 0.05) is 16.0 Å². The van der Waals surface area contributed by atoms with Gasteiger partial charge < -0.3 is 9.64 Å². The molecule has 0 radical (unpaired) electrons. The van der Waals surface area contributed by atoms with Crippen molar-refractivity contribution in [3.63, 3.8) is 0 Å². The Morgan fingerprint density at radius 3 is 2.76 bits per heavy atom. The van der Waals surface area contributed by atoms with Crippen molar-refractivity contribution in [2.45, 2.75) is 25.5 Å². The molecule has 4 heteroatoms. The van der Waals surface area contributed by atoms with Crippen molar-refractivity contribution in [2.75, 3.05) is 11.5 Å². The highest BCUT2D eigenvalue weighted by molar-refractivity contribution is 9.10. The topological polar surface area (TPSA) is 29.5 Å². The molecule has 0 N–H and O–H groups in total. The van der Waals surface area contributed by atoms with Crippen LogP contribution in [-0.4, -0.2) is 12.5 Å². The summed E-state index contributed by atoms with van der Waals surface area (Å²) in [5.74, 6) is 0.0363. The van der Waals surface area contributed by atoms with Crippen molar-refractivity contribution >= 4 is 27.5 Å². The summed E-state index contributed by atoms with van der Waals surface area (Å²) < 4.78 is 7.26. The quantitative estimate of drug-likeness (QED) is 0.680. The van der Waals surface area contributed by atoms with Gasteiger partial charge in [-0.15, -0.1) is 0 Å². The van der Waals surface area contributed by atoms with E-state index in [2.05, 4.69) is 35.0 Å². The minimum Gasteiger partial charge on any atom is -0.359 e. The summed E-state index contributed by atoms with van der Waals surface area (Å²) in [5.41, 5.74) is 2.13. The largest absolute Gasteiger partial charge is 0.359 e. The number of rotatable bonds is 2. The molecule has 0 bridgehead atoms. The fraction of sp³-hybridized carbons (Fsp3) is 0.286. The lowest BCUT2D eigenvalue weighted by atomic mass is 9.83. The van der Waals surface area contributed by atoms with E-state index in [9.17, 15) is 4.79 Å². The fourth-order valence-corrected chi connectivity index (χ4v) is 4.08. The second kappa shape index (κ2) is 6.43. The van der Waals surface area contributed by atoms with E-state index in [-0.39, 0.29) is 11.8 Å². The molecule has 25 heavy (non-hydrogen) atoms. The number of anilines is 1. The van der Waals surface area contributed by atoms with Crippen LogP contribution in [0.2, 0.25) is 0 Å². The van der Waals surface area contributed by atoms with Gasteiger partial charge in [0.25, 0.3) is 5.91 Å². The molecule has 2 aromatic carbocycles. The minimum atomic E-state index is -0.904. The second-order valence-corrected chi connectivity index (χ2v) is 7.54. The highest BCUT2D eigenvalue weighted by atomic mass is 79.9. The van der Waals surface area contributed by atoms with E-state index in [0.717, 1.165) is 27.7 Å². The standard InChI is InChI=1S/C21H20BrNO2/c1-15-6-4-5-13-25-21(15)18-7-2-3-8-19(18)23(20(21)24)14-16-9-11-17(22)12-10-16/h2-4,6-12,15H,5,13-14H2,1H3/t15-,21-/m1/s1. The Hall–Kier alpha value is -1.91. The average molecular weight is 398 g/mol. The lowest BCUT2D eigenvalue weighted by molar-refractivity contribution is -0.148. The van der Waals surface area contributed by atoms with Gasteiger partial charge in [-0.05, 0) is 30.2 Å². The molecule has 2 aromatic rings. The first kappa shape index (κ1) is 16.6. The van der Waals surface area contributed by atoms with E-state index in [1.807, 2.05) is 53.4 Å². The van der Waals surface area contributed by atoms with Crippen LogP contribution in [0.15, 0.2) is 65.2 Å². The first-order valence-electron chi connectivity index (χ1n) is 8.59. The van der Waals surface area contributed by atoms with Gasteiger partial charge in [-0.2, -0.15) is 0 Å². The lowest BCUT2D eigenvalue weighted by Gasteiger charge is -2.32. The fourth-order valence-electron chi connectivity index (χ4n) is 3.81. The molecule has 0 saturated carbocycles. The zero-order valence-electron chi connectivity index (χ0n) is 14.1. The van der Waals surface area contributed by atoms with Crippen LogP contribution in [0.4, 0.5) is 5.69 Å². The predicted octanol–water partition coefficient (Wildman–Crippen LogP) is 4.80. The van der Waals surface area contributed by atoms with Crippen LogP contribution in [-0.2, 0) is 21.7 Å². The van der Waals surface area contributed by atoms with Crippen molar-refractivity contribution in [1.82, 2.24) is 0 Å². The number of fused-ring (bicyclic) bond motifs is 2. The van der Waals surface area contributed by atoms with E-state index in [1.165, 1.54) is 0 Å². The van der Waals surface area contributed by atoms with Gasteiger partial charge in [-0.1, -0.05) is 65.3 Å². The monoisotopic (exact) mass is 397 g/mol. The number of hydrogen-bond acceptors (Lipinski definition) is 2. The average Bonchev–Trinajstić information content (AvgIpc) is 2.74. The number of carbonyl (C=O) groups is 1. The molecule has 2 heterocycles. The molecule has 0 saturated heterocycles. The van der Waals surface area contributed by atoms with Crippen LogP contribution in [0.3, 0.4) is 0 Å². The molecule has 0 aromatic heterocycles. The Labute approximate surface area is 156 Å². The van der Waals surface area contributed by atoms with Gasteiger partial charge in [-0.3, -0.25) is 4.79 Å². The number of para-hydroxylation sites is 1. The summed E-state index contributed by atoms with van der Waals surface area (Å²) >= 11 is 3.46. The van der Waals surface area contributed by atoms with Gasteiger partial charge in [0.1, 0.15) is 0 Å². The number of hydrogen-bond donors (Lipinski definition) is 0. The summed E-state index contributed by atoms with van der Waals surface area (Å²) in [6, 6.07) is 16.1. The molecule has 3 nitrogen and oxygen atoms in total. The third kappa shape index (κ3) is 2.64. The summed E-state index contributed by atoms with van der Waals surface area (Å²) in [6.07, 6.45) is 5.08.